The Morgan fingerprint density at radius 1 is 1.29 bits per heavy atom. The van der Waals surface area contributed by atoms with Crippen LogP contribution in [-0.4, -0.2) is 23.3 Å². The van der Waals surface area contributed by atoms with Crippen LogP contribution in [0.15, 0.2) is 12.3 Å². The molecule has 21 heavy (non-hydrogen) atoms. The van der Waals surface area contributed by atoms with Crippen molar-refractivity contribution in [2.24, 2.45) is 5.92 Å². The van der Waals surface area contributed by atoms with Crippen LogP contribution in [0.25, 0.3) is 0 Å². The SMILES string of the molecule is CC(C)CCOc1cnc(C(C)(C)CO)c(C(F)(F)F)c1. The molecule has 1 rings (SSSR count). The van der Waals surface area contributed by atoms with Gasteiger partial charge < -0.3 is 9.84 Å². The Morgan fingerprint density at radius 2 is 1.90 bits per heavy atom. The second-order valence-corrected chi connectivity index (χ2v) is 6.14. The Hall–Kier alpha value is -1.30. The molecule has 6 heteroatoms. The van der Waals surface area contributed by atoms with Gasteiger partial charge in [-0.2, -0.15) is 13.2 Å². The summed E-state index contributed by atoms with van der Waals surface area (Å²) in [5.41, 5.74) is -2.10. The first-order valence-electron chi connectivity index (χ1n) is 6.89. The Morgan fingerprint density at radius 3 is 2.38 bits per heavy atom. The van der Waals surface area contributed by atoms with Gasteiger partial charge in [-0.3, -0.25) is 4.98 Å². The van der Waals surface area contributed by atoms with Crippen molar-refractivity contribution in [3.8, 4) is 5.75 Å². The number of halogens is 3. The molecule has 120 valence electrons. The Labute approximate surface area is 123 Å². The summed E-state index contributed by atoms with van der Waals surface area (Å²) < 4.78 is 44.8. The predicted octanol–water partition coefficient (Wildman–Crippen LogP) is 3.80. The van der Waals surface area contributed by atoms with Crippen LogP contribution in [0.5, 0.6) is 5.75 Å². The molecule has 1 heterocycles. The highest BCUT2D eigenvalue weighted by atomic mass is 19.4. The van der Waals surface area contributed by atoms with E-state index < -0.39 is 23.8 Å². The van der Waals surface area contributed by atoms with Crippen molar-refractivity contribution in [2.45, 2.75) is 45.7 Å². The van der Waals surface area contributed by atoms with E-state index in [1.807, 2.05) is 13.8 Å². The molecular weight excluding hydrogens is 283 g/mol. The van der Waals surface area contributed by atoms with E-state index in [9.17, 15) is 18.3 Å². The molecule has 1 aromatic rings. The first-order valence-corrected chi connectivity index (χ1v) is 6.89. The van der Waals surface area contributed by atoms with Gasteiger partial charge in [0.25, 0.3) is 0 Å². The second-order valence-electron chi connectivity index (χ2n) is 6.14. The maximum atomic E-state index is 13.2. The molecule has 0 fully saturated rings. The molecular formula is C15H22F3NO2. The highest BCUT2D eigenvalue weighted by Gasteiger charge is 2.39. The van der Waals surface area contributed by atoms with Crippen LogP contribution in [0.2, 0.25) is 0 Å². The standard InChI is InChI=1S/C15H22F3NO2/c1-10(2)5-6-21-11-7-12(15(16,17)18)13(19-8-11)14(3,4)9-20/h7-8,10,20H,5-6,9H2,1-4H3. The lowest BCUT2D eigenvalue weighted by Crippen LogP contribution is -2.28. The van der Waals surface area contributed by atoms with Gasteiger partial charge in [0.05, 0.1) is 30.7 Å². The number of pyridine rings is 1. The quantitative estimate of drug-likeness (QED) is 0.869. The summed E-state index contributed by atoms with van der Waals surface area (Å²) in [5, 5.41) is 9.27. The van der Waals surface area contributed by atoms with Crippen molar-refractivity contribution in [3.05, 3.63) is 23.5 Å². The number of hydrogen-bond acceptors (Lipinski definition) is 3. The molecule has 0 amide bonds. The number of aromatic nitrogens is 1. The van der Waals surface area contributed by atoms with E-state index in [1.54, 1.807) is 0 Å². The summed E-state index contributed by atoms with van der Waals surface area (Å²) >= 11 is 0. The van der Waals surface area contributed by atoms with Gasteiger partial charge in [0.2, 0.25) is 0 Å². The van der Waals surface area contributed by atoms with E-state index in [4.69, 9.17) is 4.74 Å². The molecule has 0 aromatic carbocycles. The van der Waals surface area contributed by atoms with Crippen LogP contribution in [0, 0.1) is 5.92 Å². The van der Waals surface area contributed by atoms with E-state index in [0.29, 0.717) is 12.5 Å². The molecule has 0 aliphatic rings. The van der Waals surface area contributed by atoms with Crippen LogP contribution in [0.1, 0.15) is 45.4 Å². The third-order valence-corrected chi connectivity index (χ3v) is 3.17. The Bertz CT molecular complexity index is 470. The summed E-state index contributed by atoms with van der Waals surface area (Å²) in [6.45, 7) is 6.98. The smallest absolute Gasteiger partial charge is 0.418 e. The number of aliphatic hydroxyl groups is 1. The second kappa shape index (κ2) is 6.64. The lowest BCUT2D eigenvalue weighted by molar-refractivity contribution is -0.139. The minimum absolute atomic E-state index is 0.0977. The summed E-state index contributed by atoms with van der Waals surface area (Å²) in [5.74, 6) is 0.508. The average molecular weight is 305 g/mol. The van der Waals surface area contributed by atoms with Crippen LogP contribution in [0.3, 0.4) is 0 Å². The van der Waals surface area contributed by atoms with E-state index in [-0.39, 0.29) is 11.4 Å². The molecule has 0 atom stereocenters. The third-order valence-electron chi connectivity index (χ3n) is 3.17. The molecule has 0 saturated carbocycles. The fourth-order valence-corrected chi connectivity index (χ4v) is 1.77. The molecule has 0 spiro atoms. The maximum Gasteiger partial charge on any atom is 0.418 e. The largest absolute Gasteiger partial charge is 0.492 e. The first kappa shape index (κ1) is 17.8. The number of ether oxygens (including phenoxy) is 1. The third kappa shape index (κ3) is 4.88. The van der Waals surface area contributed by atoms with E-state index in [0.717, 1.165) is 12.5 Å². The van der Waals surface area contributed by atoms with Crippen LogP contribution in [0.4, 0.5) is 13.2 Å². The lowest BCUT2D eigenvalue weighted by Gasteiger charge is -2.25. The minimum atomic E-state index is -4.54. The van der Waals surface area contributed by atoms with E-state index in [1.165, 1.54) is 20.0 Å². The minimum Gasteiger partial charge on any atom is -0.492 e. The van der Waals surface area contributed by atoms with Crippen molar-refractivity contribution < 1.29 is 23.0 Å². The molecule has 0 saturated heterocycles. The van der Waals surface area contributed by atoms with E-state index in [2.05, 4.69) is 4.98 Å². The maximum absolute atomic E-state index is 13.2. The van der Waals surface area contributed by atoms with Crippen molar-refractivity contribution in [3.63, 3.8) is 0 Å². The van der Waals surface area contributed by atoms with Crippen molar-refractivity contribution in [1.82, 2.24) is 4.98 Å². The average Bonchev–Trinajstić information content (AvgIpc) is 2.37. The molecule has 0 radical (unpaired) electrons. The topological polar surface area (TPSA) is 42.4 Å². The normalized spacial score (nSPS) is 12.8. The van der Waals surface area contributed by atoms with Gasteiger partial charge in [0.15, 0.2) is 0 Å². The number of aliphatic hydroxyl groups excluding tert-OH is 1. The monoisotopic (exact) mass is 305 g/mol. The molecule has 0 unspecified atom stereocenters. The molecule has 0 bridgehead atoms. The molecule has 1 N–H and O–H groups in total. The summed E-state index contributed by atoms with van der Waals surface area (Å²) in [6.07, 6.45) is -2.50. The van der Waals surface area contributed by atoms with Crippen molar-refractivity contribution in [2.75, 3.05) is 13.2 Å². The predicted molar refractivity (Wildman–Crippen MR) is 74.3 cm³/mol. The molecule has 0 aliphatic carbocycles. The first-order chi connectivity index (χ1) is 9.58. The zero-order valence-corrected chi connectivity index (χ0v) is 12.8. The van der Waals surface area contributed by atoms with Crippen LogP contribution < -0.4 is 4.74 Å². The van der Waals surface area contributed by atoms with Gasteiger partial charge in [-0.05, 0) is 18.4 Å². The zero-order valence-electron chi connectivity index (χ0n) is 12.8. The number of alkyl halides is 3. The number of hydrogen-bond donors (Lipinski definition) is 1. The molecule has 3 nitrogen and oxygen atoms in total. The van der Waals surface area contributed by atoms with Gasteiger partial charge in [0.1, 0.15) is 5.75 Å². The van der Waals surface area contributed by atoms with Gasteiger partial charge >= 0.3 is 6.18 Å². The Balaban J connectivity index is 3.08. The highest BCUT2D eigenvalue weighted by Crippen LogP contribution is 2.38. The molecule has 1 aromatic heterocycles. The van der Waals surface area contributed by atoms with E-state index >= 15 is 0 Å². The lowest BCUT2D eigenvalue weighted by atomic mass is 9.86. The highest BCUT2D eigenvalue weighted by molar-refractivity contribution is 5.35. The number of nitrogens with zero attached hydrogens (tertiary/aromatic N) is 1. The van der Waals surface area contributed by atoms with Gasteiger partial charge in [-0.1, -0.05) is 27.7 Å². The van der Waals surface area contributed by atoms with Crippen molar-refractivity contribution in [1.29, 1.82) is 0 Å². The summed E-state index contributed by atoms with van der Waals surface area (Å²) in [4.78, 5) is 3.88. The van der Waals surface area contributed by atoms with Crippen molar-refractivity contribution >= 4 is 0 Å². The summed E-state index contributed by atoms with van der Waals surface area (Å²) in [6, 6.07) is 0.958. The Kier molecular flexibility index (Phi) is 5.61. The van der Waals surface area contributed by atoms with Gasteiger partial charge in [-0.15, -0.1) is 0 Å². The van der Waals surface area contributed by atoms with Crippen LogP contribution in [-0.2, 0) is 11.6 Å². The number of rotatable bonds is 6. The van der Waals surface area contributed by atoms with Gasteiger partial charge in [-0.25, -0.2) is 0 Å². The fourth-order valence-electron chi connectivity index (χ4n) is 1.77. The van der Waals surface area contributed by atoms with Crippen LogP contribution >= 0.6 is 0 Å². The fraction of sp³-hybridized carbons (Fsp3) is 0.667. The molecule has 0 aliphatic heterocycles. The zero-order chi connectivity index (χ0) is 16.3. The summed E-state index contributed by atoms with van der Waals surface area (Å²) in [7, 11) is 0. The van der Waals surface area contributed by atoms with Gasteiger partial charge in [0, 0.05) is 5.41 Å².